The third-order valence-corrected chi connectivity index (χ3v) is 5.29. The predicted octanol–water partition coefficient (Wildman–Crippen LogP) is 3.01. The lowest BCUT2D eigenvalue weighted by molar-refractivity contribution is -0.141. The number of hydrogen-bond donors (Lipinski definition) is 0. The fraction of sp³-hybridized carbons (Fsp3) is 0.650. The van der Waals surface area contributed by atoms with Gasteiger partial charge in [0.25, 0.3) is 0 Å². The van der Waals surface area contributed by atoms with E-state index in [0.29, 0.717) is 18.4 Å². The molecule has 1 saturated heterocycles. The van der Waals surface area contributed by atoms with Gasteiger partial charge in [-0.1, -0.05) is 23.8 Å². The maximum atomic E-state index is 11.5. The van der Waals surface area contributed by atoms with Crippen LogP contribution in [0.5, 0.6) is 0 Å². The molecule has 0 aliphatic carbocycles. The highest BCUT2D eigenvalue weighted by atomic mass is 16.5. The van der Waals surface area contributed by atoms with Crippen LogP contribution in [-0.4, -0.2) is 56.1 Å². The van der Waals surface area contributed by atoms with Gasteiger partial charge in [0.05, 0.1) is 7.11 Å². The van der Waals surface area contributed by atoms with Crippen LogP contribution < -0.4 is 0 Å². The summed E-state index contributed by atoms with van der Waals surface area (Å²) >= 11 is 0. The summed E-state index contributed by atoms with van der Waals surface area (Å²) in [6, 6.07) is 7.24. The molecule has 4 nitrogen and oxygen atoms in total. The Morgan fingerprint density at radius 1 is 1.33 bits per heavy atom. The number of likely N-dealkylation sites (tertiary alicyclic amines) is 1. The van der Waals surface area contributed by atoms with Gasteiger partial charge in [-0.3, -0.25) is 9.69 Å². The normalized spacial score (nSPS) is 21.9. The molecule has 2 atom stereocenters. The molecule has 1 aromatic carbocycles. The predicted molar refractivity (Wildman–Crippen MR) is 98.0 cm³/mol. The highest BCUT2D eigenvalue weighted by Crippen LogP contribution is 2.26. The Kier molecular flexibility index (Phi) is 6.81. The minimum atomic E-state index is -0.0980. The third kappa shape index (κ3) is 5.05. The standard InChI is InChI=1S/C20H32N2O2/c1-15-6-7-16(2)18(12-15)14-22-11-10-19(21(3)4)17(13-22)8-9-20(23)24-5/h6-7,12,17,19H,8-11,13-14H2,1-5H3/t17-,19+/m0/s1. The molecule has 0 N–H and O–H groups in total. The van der Waals surface area contributed by atoms with Crippen LogP contribution in [0.25, 0.3) is 0 Å². The number of rotatable bonds is 6. The van der Waals surface area contributed by atoms with Crippen molar-refractivity contribution >= 4 is 5.97 Å². The van der Waals surface area contributed by atoms with Crippen LogP contribution in [0.15, 0.2) is 18.2 Å². The summed E-state index contributed by atoms with van der Waals surface area (Å²) in [5.41, 5.74) is 4.10. The van der Waals surface area contributed by atoms with E-state index in [0.717, 1.165) is 32.5 Å². The number of esters is 1. The van der Waals surface area contributed by atoms with E-state index in [-0.39, 0.29) is 5.97 Å². The molecule has 0 saturated carbocycles. The maximum absolute atomic E-state index is 11.5. The summed E-state index contributed by atoms with van der Waals surface area (Å²) in [5.74, 6) is 0.414. The zero-order valence-electron chi connectivity index (χ0n) is 15.8. The van der Waals surface area contributed by atoms with Gasteiger partial charge >= 0.3 is 5.97 Å². The second kappa shape index (κ2) is 8.63. The average molecular weight is 332 g/mol. The number of benzene rings is 1. The first-order valence-electron chi connectivity index (χ1n) is 8.92. The van der Waals surface area contributed by atoms with Crippen molar-refractivity contribution in [3.8, 4) is 0 Å². The van der Waals surface area contributed by atoms with Crippen molar-refractivity contribution in [1.82, 2.24) is 9.80 Å². The highest BCUT2D eigenvalue weighted by Gasteiger charge is 2.31. The molecule has 1 aromatic rings. The number of carbonyl (C=O) groups excluding carboxylic acids is 1. The van der Waals surface area contributed by atoms with Crippen molar-refractivity contribution in [2.45, 2.75) is 45.7 Å². The Labute approximate surface area is 146 Å². The van der Waals surface area contributed by atoms with E-state index < -0.39 is 0 Å². The topological polar surface area (TPSA) is 32.8 Å². The molecule has 0 bridgehead atoms. The van der Waals surface area contributed by atoms with Crippen LogP contribution in [0.1, 0.15) is 36.0 Å². The molecule has 0 amide bonds. The van der Waals surface area contributed by atoms with Gasteiger partial charge in [0.15, 0.2) is 0 Å². The van der Waals surface area contributed by atoms with Crippen LogP contribution in [0.2, 0.25) is 0 Å². The molecule has 134 valence electrons. The second-order valence-electron chi connectivity index (χ2n) is 7.36. The van der Waals surface area contributed by atoms with Crippen LogP contribution in [0, 0.1) is 19.8 Å². The van der Waals surface area contributed by atoms with Crippen LogP contribution >= 0.6 is 0 Å². The van der Waals surface area contributed by atoms with Gasteiger partial charge in [0.1, 0.15) is 0 Å². The van der Waals surface area contributed by atoms with Gasteiger partial charge in [-0.2, -0.15) is 0 Å². The van der Waals surface area contributed by atoms with Crippen LogP contribution in [0.4, 0.5) is 0 Å². The summed E-state index contributed by atoms with van der Waals surface area (Å²) < 4.78 is 4.82. The molecule has 1 fully saturated rings. The van der Waals surface area contributed by atoms with Gasteiger partial charge in [-0.25, -0.2) is 0 Å². The fourth-order valence-corrected chi connectivity index (χ4v) is 3.82. The lowest BCUT2D eigenvalue weighted by Crippen LogP contribution is -2.48. The van der Waals surface area contributed by atoms with Crippen molar-refractivity contribution in [1.29, 1.82) is 0 Å². The maximum Gasteiger partial charge on any atom is 0.305 e. The minimum absolute atomic E-state index is 0.0980. The van der Waals surface area contributed by atoms with Crippen molar-refractivity contribution in [2.75, 3.05) is 34.3 Å². The van der Waals surface area contributed by atoms with Gasteiger partial charge in [-0.15, -0.1) is 0 Å². The largest absolute Gasteiger partial charge is 0.469 e. The number of hydrogen-bond acceptors (Lipinski definition) is 4. The number of nitrogens with zero attached hydrogens (tertiary/aromatic N) is 2. The van der Waals surface area contributed by atoms with Crippen molar-refractivity contribution in [2.24, 2.45) is 5.92 Å². The summed E-state index contributed by atoms with van der Waals surface area (Å²) in [7, 11) is 5.77. The zero-order chi connectivity index (χ0) is 17.7. The molecule has 0 aromatic heterocycles. The molecule has 1 aliphatic heterocycles. The Morgan fingerprint density at radius 3 is 2.75 bits per heavy atom. The molecule has 0 unspecified atom stereocenters. The van der Waals surface area contributed by atoms with E-state index >= 15 is 0 Å². The van der Waals surface area contributed by atoms with Gasteiger partial charge in [0, 0.05) is 25.6 Å². The number of piperidine rings is 1. The molecular weight excluding hydrogens is 300 g/mol. The quantitative estimate of drug-likeness (QED) is 0.750. The first-order chi connectivity index (χ1) is 11.4. The first kappa shape index (κ1) is 18.9. The minimum Gasteiger partial charge on any atom is -0.469 e. The second-order valence-corrected chi connectivity index (χ2v) is 7.36. The molecular formula is C20H32N2O2. The Balaban J connectivity index is 2.02. The number of ether oxygens (including phenoxy) is 1. The van der Waals surface area contributed by atoms with E-state index in [9.17, 15) is 4.79 Å². The molecule has 4 heteroatoms. The molecule has 1 aliphatic rings. The fourth-order valence-electron chi connectivity index (χ4n) is 3.82. The SMILES string of the molecule is COC(=O)CC[C@H]1CN(Cc2cc(C)ccc2C)CC[C@H]1N(C)C. The Bertz CT molecular complexity index is 557. The summed E-state index contributed by atoms with van der Waals surface area (Å²) in [6.07, 6.45) is 2.57. The number of methoxy groups -OCH3 is 1. The number of aryl methyl sites for hydroxylation is 2. The summed E-state index contributed by atoms with van der Waals surface area (Å²) in [6.45, 7) is 7.51. The van der Waals surface area contributed by atoms with Crippen molar-refractivity contribution in [3.63, 3.8) is 0 Å². The van der Waals surface area contributed by atoms with E-state index in [1.165, 1.54) is 23.8 Å². The lowest BCUT2D eigenvalue weighted by atomic mass is 9.87. The van der Waals surface area contributed by atoms with Crippen molar-refractivity contribution in [3.05, 3.63) is 34.9 Å². The van der Waals surface area contributed by atoms with Crippen LogP contribution in [-0.2, 0) is 16.1 Å². The van der Waals surface area contributed by atoms with E-state index in [2.05, 4.69) is 55.9 Å². The summed E-state index contributed by atoms with van der Waals surface area (Å²) in [5, 5.41) is 0. The smallest absolute Gasteiger partial charge is 0.305 e. The molecule has 24 heavy (non-hydrogen) atoms. The van der Waals surface area contributed by atoms with Crippen LogP contribution in [0.3, 0.4) is 0 Å². The van der Waals surface area contributed by atoms with Gasteiger partial charge < -0.3 is 9.64 Å². The lowest BCUT2D eigenvalue weighted by Gasteiger charge is -2.42. The van der Waals surface area contributed by atoms with E-state index in [4.69, 9.17) is 4.74 Å². The average Bonchev–Trinajstić information content (AvgIpc) is 2.55. The first-order valence-corrected chi connectivity index (χ1v) is 8.92. The molecule has 1 heterocycles. The zero-order valence-corrected chi connectivity index (χ0v) is 15.8. The van der Waals surface area contributed by atoms with E-state index in [1.807, 2.05) is 0 Å². The van der Waals surface area contributed by atoms with Crippen molar-refractivity contribution < 1.29 is 9.53 Å². The Morgan fingerprint density at radius 2 is 2.08 bits per heavy atom. The monoisotopic (exact) mass is 332 g/mol. The molecule has 0 radical (unpaired) electrons. The Hall–Kier alpha value is -1.39. The van der Waals surface area contributed by atoms with Gasteiger partial charge in [0.2, 0.25) is 0 Å². The number of carbonyl (C=O) groups is 1. The van der Waals surface area contributed by atoms with Gasteiger partial charge in [-0.05, 0) is 64.4 Å². The highest BCUT2D eigenvalue weighted by molar-refractivity contribution is 5.69. The van der Waals surface area contributed by atoms with E-state index in [1.54, 1.807) is 0 Å². The molecule has 0 spiro atoms. The summed E-state index contributed by atoms with van der Waals surface area (Å²) in [4.78, 5) is 16.4. The molecule has 2 rings (SSSR count). The third-order valence-electron chi connectivity index (χ3n) is 5.29.